The van der Waals surface area contributed by atoms with Gasteiger partial charge in [0, 0.05) is 11.9 Å². The molecule has 0 rings (SSSR count). The average Bonchev–Trinajstić information content (AvgIpc) is 2.22. The van der Waals surface area contributed by atoms with E-state index in [0.29, 0.717) is 12.8 Å². The quantitative estimate of drug-likeness (QED) is 0.503. The first-order valence-electron chi connectivity index (χ1n) is 6.02. The van der Waals surface area contributed by atoms with E-state index in [1.54, 1.807) is 6.92 Å². The summed E-state index contributed by atoms with van der Waals surface area (Å²) in [7, 11) is 0. The molecule has 0 bridgehead atoms. The number of carboxylic acids is 2. The molecule has 0 saturated carbocycles. The van der Waals surface area contributed by atoms with Crippen LogP contribution in [0.15, 0.2) is 0 Å². The number of quaternary nitrogens is 3. The molecule has 0 unspecified atom stereocenters. The largest absolute Gasteiger partial charge is 0.855 e. The average molecular weight is 299 g/mol. The number of carbonyl (C=O) groups is 2. The van der Waals surface area contributed by atoms with E-state index in [9.17, 15) is 19.8 Å². The Bertz CT molecular complexity index is 184. The number of carbonyl (C=O) groups excluding carboxylic acids is 2. The number of rotatable bonds is 9. The molecule has 0 radical (unpaired) electrons. The van der Waals surface area contributed by atoms with Crippen LogP contribution in [0.25, 0.3) is 0 Å². The Morgan fingerprint density at radius 1 is 0.700 bits per heavy atom. The molecule has 126 valence electrons. The monoisotopic (exact) mass is 299 g/mol. The van der Waals surface area contributed by atoms with Crippen molar-refractivity contribution >= 4 is 11.9 Å². The van der Waals surface area contributed by atoms with Crippen LogP contribution in [0.5, 0.6) is 0 Å². The van der Waals surface area contributed by atoms with Gasteiger partial charge in [-0.2, -0.15) is 0 Å². The number of unbranched alkanes of at least 4 members (excludes halogenated alkanes) is 5. The lowest BCUT2D eigenvalue weighted by molar-refractivity contribution is -0.361. The van der Waals surface area contributed by atoms with Gasteiger partial charge in [-0.15, -0.1) is 6.61 Å². The molecule has 0 aromatic carbocycles. The minimum atomic E-state index is -0.998. The molecular weight excluding hydrogens is 266 g/mol. The van der Waals surface area contributed by atoms with Crippen LogP contribution in [0.1, 0.15) is 58.3 Å². The molecule has 0 aliphatic carbocycles. The smallest absolute Gasteiger partial charge is 0.0414 e. The van der Waals surface area contributed by atoms with Crippen molar-refractivity contribution < 1.29 is 24.9 Å². The van der Waals surface area contributed by atoms with E-state index in [1.165, 1.54) is 0 Å². The van der Waals surface area contributed by atoms with Gasteiger partial charge in [-0.05, 0) is 25.7 Å². The van der Waals surface area contributed by atoms with Gasteiger partial charge in [0.15, 0.2) is 0 Å². The van der Waals surface area contributed by atoms with Gasteiger partial charge in [0.05, 0.1) is 0 Å². The summed E-state index contributed by atoms with van der Waals surface area (Å²) >= 11 is 0. The van der Waals surface area contributed by atoms with Crippen LogP contribution in [0.2, 0.25) is 0 Å². The Morgan fingerprint density at radius 3 is 1.10 bits per heavy atom. The first-order valence-corrected chi connectivity index (χ1v) is 6.02. The fourth-order valence-corrected chi connectivity index (χ4v) is 1.25. The van der Waals surface area contributed by atoms with Gasteiger partial charge in [0.1, 0.15) is 0 Å². The normalized spacial score (nSPS) is 7.90. The van der Waals surface area contributed by atoms with Crippen molar-refractivity contribution in [3.8, 4) is 0 Å². The van der Waals surface area contributed by atoms with Gasteiger partial charge in [0.25, 0.3) is 0 Å². The van der Waals surface area contributed by atoms with Crippen molar-refractivity contribution in [2.24, 2.45) is 0 Å². The summed E-state index contributed by atoms with van der Waals surface area (Å²) in [4.78, 5) is 20.1. The van der Waals surface area contributed by atoms with E-state index in [2.05, 4.69) is 0 Å². The predicted molar refractivity (Wildman–Crippen MR) is 75.4 cm³/mol. The topological polar surface area (TPSA) is 213 Å². The third kappa shape index (κ3) is 43.7. The maximum Gasteiger partial charge on any atom is 0.0414 e. The molecule has 0 fully saturated rings. The Hall–Kier alpha value is -1.22. The Balaban J connectivity index is -0.000000114. The molecule has 0 saturated heterocycles. The summed E-state index contributed by atoms with van der Waals surface area (Å²) in [5.41, 5.74) is 0. The predicted octanol–water partition coefficient (Wildman–Crippen LogP) is 0.102. The minimum Gasteiger partial charge on any atom is -0.855 e. The summed E-state index contributed by atoms with van der Waals surface area (Å²) in [6.45, 7) is 1.57. The van der Waals surface area contributed by atoms with Gasteiger partial charge in [-0.3, -0.25) is 0 Å². The zero-order valence-electron chi connectivity index (χ0n) is 13.4. The first-order chi connectivity index (χ1) is 8.04. The second-order valence-corrected chi connectivity index (χ2v) is 3.65. The second-order valence-electron chi connectivity index (χ2n) is 3.65. The molecule has 0 spiro atoms. The van der Waals surface area contributed by atoms with Crippen LogP contribution in [0.3, 0.4) is 0 Å². The van der Waals surface area contributed by atoms with Gasteiger partial charge in [-0.1, -0.05) is 32.6 Å². The van der Waals surface area contributed by atoms with Crippen LogP contribution >= 0.6 is 0 Å². The lowest BCUT2D eigenvalue weighted by atomic mass is 10.1. The molecule has 20 heavy (non-hydrogen) atoms. The highest BCUT2D eigenvalue weighted by molar-refractivity contribution is 5.64. The Morgan fingerprint density at radius 2 is 0.900 bits per heavy atom. The maximum absolute atomic E-state index is 10.0. The minimum absolute atomic E-state index is 0. The van der Waals surface area contributed by atoms with Gasteiger partial charge < -0.3 is 43.4 Å². The molecule has 12 N–H and O–H groups in total. The van der Waals surface area contributed by atoms with Crippen LogP contribution in [-0.2, 0) is 9.59 Å². The van der Waals surface area contributed by atoms with Crippen molar-refractivity contribution in [3.05, 3.63) is 0 Å². The van der Waals surface area contributed by atoms with Crippen molar-refractivity contribution in [2.75, 3.05) is 6.61 Å². The van der Waals surface area contributed by atoms with E-state index in [-0.39, 0.29) is 37.9 Å². The molecule has 0 aromatic rings. The highest BCUT2D eigenvalue weighted by Gasteiger charge is 1.92. The lowest BCUT2D eigenvalue weighted by Crippen LogP contribution is -2.21. The molecule has 0 aliphatic rings. The summed E-state index contributed by atoms with van der Waals surface area (Å²) in [5, 5.41) is 29.0. The van der Waals surface area contributed by atoms with Crippen LogP contribution in [0.4, 0.5) is 0 Å². The summed E-state index contributed by atoms with van der Waals surface area (Å²) in [5.74, 6) is -2.00. The van der Waals surface area contributed by atoms with E-state index < -0.39 is 11.9 Å². The number of carboxylic acid groups (broad SMARTS) is 2. The highest BCUT2D eigenvalue weighted by Crippen LogP contribution is 2.07. The summed E-state index contributed by atoms with van der Waals surface area (Å²) in [6, 6.07) is 0. The van der Waals surface area contributed by atoms with Crippen molar-refractivity contribution in [3.63, 3.8) is 0 Å². The SMILES string of the molecule is CC[O-].O=C([O-])CCCCCCCCC(=O)[O-].[NH4+].[NH4+].[NH4+]. The fourth-order valence-electron chi connectivity index (χ4n) is 1.25. The van der Waals surface area contributed by atoms with Crippen LogP contribution in [-0.4, -0.2) is 18.5 Å². The third-order valence-corrected chi connectivity index (χ3v) is 2.01. The van der Waals surface area contributed by atoms with E-state index in [4.69, 9.17) is 5.11 Å². The molecule has 8 nitrogen and oxygen atoms in total. The van der Waals surface area contributed by atoms with Gasteiger partial charge in [0.2, 0.25) is 0 Å². The lowest BCUT2D eigenvalue weighted by Gasteiger charge is -2.03. The highest BCUT2D eigenvalue weighted by atomic mass is 16.4. The summed E-state index contributed by atoms with van der Waals surface area (Å²) in [6.07, 6.45) is 5.23. The molecule has 0 atom stereocenters. The molecule has 0 amide bonds. The molecular formula is C12H33N3O5. The van der Waals surface area contributed by atoms with Gasteiger partial charge in [-0.25, -0.2) is 0 Å². The number of aliphatic carboxylic acids is 2. The third-order valence-electron chi connectivity index (χ3n) is 2.01. The van der Waals surface area contributed by atoms with E-state index in [1.807, 2.05) is 0 Å². The van der Waals surface area contributed by atoms with E-state index >= 15 is 0 Å². The Labute approximate surface area is 121 Å². The van der Waals surface area contributed by atoms with Crippen molar-refractivity contribution in [1.82, 2.24) is 18.5 Å². The number of hydrogen-bond donors (Lipinski definition) is 3. The first kappa shape index (κ1) is 31.3. The standard InChI is InChI=1S/C10H18O4.C2H5O.3H3N/c11-9(12)7-5-3-1-2-4-6-8-10(13)14;1-2-3;;;/h1-8H2,(H,11,12)(H,13,14);2H2,1H3;3*1H3/q;-1;;;/p+1. The zero-order chi connectivity index (χ0) is 13.5. The second kappa shape index (κ2) is 26.4. The zero-order valence-corrected chi connectivity index (χ0v) is 13.4. The number of hydrogen-bond acceptors (Lipinski definition) is 5. The fraction of sp³-hybridized carbons (Fsp3) is 0.833. The van der Waals surface area contributed by atoms with E-state index in [0.717, 1.165) is 25.7 Å². The molecule has 0 heterocycles. The van der Waals surface area contributed by atoms with Crippen LogP contribution < -0.4 is 33.8 Å². The molecule has 8 heteroatoms. The summed E-state index contributed by atoms with van der Waals surface area (Å²) < 4.78 is 0. The molecule has 0 aromatic heterocycles. The van der Waals surface area contributed by atoms with Crippen molar-refractivity contribution in [1.29, 1.82) is 0 Å². The van der Waals surface area contributed by atoms with Crippen LogP contribution in [0, 0.1) is 0 Å². The molecule has 0 aliphatic heterocycles. The maximum atomic E-state index is 10.0. The van der Waals surface area contributed by atoms with Gasteiger partial charge >= 0.3 is 0 Å². The Kier molecular flexibility index (Phi) is 41.2. The van der Waals surface area contributed by atoms with Crippen molar-refractivity contribution in [2.45, 2.75) is 58.3 Å².